The third kappa shape index (κ3) is 4.94. The highest BCUT2D eigenvalue weighted by Gasteiger charge is 2.22. The number of piperazine rings is 1. The molecule has 1 aliphatic heterocycles. The van der Waals surface area contributed by atoms with E-state index in [0.29, 0.717) is 12.6 Å². The number of aromatic nitrogens is 1. The number of likely N-dealkylation sites (N-methyl/N-ethyl adjacent to an activating group) is 2. The van der Waals surface area contributed by atoms with Crippen molar-refractivity contribution >= 4 is 5.96 Å². The average molecular weight is 322 g/mol. The van der Waals surface area contributed by atoms with E-state index in [2.05, 4.69) is 51.6 Å². The van der Waals surface area contributed by atoms with Gasteiger partial charge in [-0.2, -0.15) is 0 Å². The van der Waals surface area contributed by atoms with Crippen LogP contribution in [-0.2, 0) is 6.54 Å². The number of nitrogens with one attached hydrogen (secondary N) is 2. The summed E-state index contributed by atoms with van der Waals surface area (Å²) in [4.78, 5) is 9.45. The number of rotatable bonds is 5. The molecular formula is C16H30N6O. The maximum absolute atomic E-state index is 5.20. The first-order chi connectivity index (χ1) is 11.0. The molecule has 0 radical (unpaired) electrons. The summed E-state index contributed by atoms with van der Waals surface area (Å²) in [6.07, 6.45) is 0. The number of guanidine groups is 1. The van der Waals surface area contributed by atoms with Crippen LogP contribution < -0.4 is 10.6 Å². The third-order valence-corrected chi connectivity index (χ3v) is 4.41. The highest BCUT2D eigenvalue weighted by molar-refractivity contribution is 5.79. The Morgan fingerprint density at radius 3 is 2.74 bits per heavy atom. The van der Waals surface area contributed by atoms with Crippen molar-refractivity contribution in [1.82, 2.24) is 25.6 Å². The zero-order valence-electron chi connectivity index (χ0n) is 15.0. The molecular weight excluding hydrogens is 292 g/mol. The molecule has 0 saturated carbocycles. The zero-order valence-corrected chi connectivity index (χ0v) is 15.0. The van der Waals surface area contributed by atoms with Crippen LogP contribution >= 0.6 is 0 Å². The monoisotopic (exact) mass is 322 g/mol. The van der Waals surface area contributed by atoms with Crippen LogP contribution in [0.1, 0.15) is 23.9 Å². The van der Waals surface area contributed by atoms with Crippen LogP contribution in [0.2, 0.25) is 0 Å². The first-order valence-electron chi connectivity index (χ1n) is 8.34. The molecule has 0 aliphatic carbocycles. The number of hydrogen-bond donors (Lipinski definition) is 2. The molecule has 0 aromatic carbocycles. The van der Waals surface area contributed by atoms with Crippen molar-refractivity contribution in [2.24, 2.45) is 4.99 Å². The lowest BCUT2D eigenvalue weighted by Gasteiger charge is -2.37. The fourth-order valence-corrected chi connectivity index (χ4v) is 2.76. The lowest BCUT2D eigenvalue weighted by Crippen LogP contribution is -2.55. The van der Waals surface area contributed by atoms with E-state index in [1.807, 2.05) is 13.8 Å². The van der Waals surface area contributed by atoms with Crippen LogP contribution in [0.4, 0.5) is 0 Å². The van der Waals surface area contributed by atoms with Crippen molar-refractivity contribution in [3.8, 4) is 0 Å². The van der Waals surface area contributed by atoms with Crippen LogP contribution in [0.25, 0.3) is 0 Å². The number of aliphatic imine (C=N–C) groups is 1. The van der Waals surface area contributed by atoms with Gasteiger partial charge < -0.3 is 20.1 Å². The predicted molar refractivity (Wildman–Crippen MR) is 92.7 cm³/mol. The predicted octanol–water partition coefficient (Wildman–Crippen LogP) is 0.592. The number of hydrogen-bond acceptors (Lipinski definition) is 5. The molecule has 1 aliphatic rings. The first kappa shape index (κ1) is 17.7. The van der Waals surface area contributed by atoms with E-state index < -0.39 is 0 Å². The molecule has 2 N–H and O–H groups in total. The Hall–Kier alpha value is -1.60. The topological polar surface area (TPSA) is 68.9 Å². The van der Waals surface area contributed by atoms with Crippen molar-refractivity contribution < 1.29 is 4.52 Å². The Kier molecular flexibility index (Phi) is 6.41. The summed E-state index contributed by atoms with van der Waals surface area (Å²) in [6, 6.07) is 0.497. The molecule has 7 nitrogen and oxygen atoms in total. The van der Waals surface area contributed by atoms with Crippen molar-refractivity contribution in [1.29, 1.82) is 0 Å². The molecule has 2 heterocycles. The Labute approximate surface area is 139 Å². The summed E-state index contributed by atoms with van der Waals surface area (Å²) in [5.41, 5.74) is 1.98. The highest BCUT2D eigenvalue weighted by atomic mass is 16.5. The van der Waals surface area contributed by atoms with Crippen LogP contribution in [0.15, 0.2) is 9.52 Å². The van der Waals surface area contributed by atoms with Gasteiger partial charge in [-0.25, -0.2) is 4.99 Å². The smallest absolute Gasteiger partial charge is 0.191 e. The van der Waals surface area contributed by atoms with Gasteiger partial charge >= 0.3 is 0 Å². The van der Waals surface area contributed by atoms with Gasteiger partial charge in [-0.15, -0.1) is 0 Å². The molecule has 1 aromatic rings. The van der Waals surface area contributed by atoms with Gasteiger partial charge in [0.05, 0.1) is 12.2 Å². The first-order valence-corrected chi connectivity index (χ1v) is 8.34. The van der Waals surface area contributed by atoms with Gasteiger partial charge in [-0.1, -0.05) is 5.16 Å². The van der Waals surface area contributed by atoms with E-state index in [1.54, 1.807) is 0 Å². The van der Waals surface area contributed by atoms with E-state index >= 15 is 0 Å². The van der Waals surface area contributed by atoms with Crippen molar-refractivity contribution in [3.63, 3.8) is 0 Å². The Bertz CT molecular complexity index is 507. The Morgan fingerprint density at radius 2 is 2.09 bits per heavy atom. The van der Waals surface area contributed by atoms with E-state index in [-0.39, 0.29) is 0 Å². The molecule has 0 spiro atoms. The van der Waals surface area contributed by atoms with Crippen LogP contribution in [-0.4, -0.2) is 73.8 Å². The maximum Gasteiger partial charge on any atom is 0.191 e. The minimum Gasteiger partial charge on any atom is -0.361 e. The van der Waals surface area contributed by atoms with E-state index in [0.717, 1.165) is 55.7 Å². The number of aryl methyl sites for hydroxylation is 2. The molecule has 0 bridgehead atoms. The second-order valence-corrected chi connectivity index (χ2v) is 6.28. The summed E-state index contributed by atoms with van der Waals surface area (Å²) in [5.74, 6) is 1.69. The van der Waals surface area contributed by atoms with E-state index in [9.17, 15) is 0 Å². The maximum atomic E-state index is 5.20. The summed E-state index contributed by atoms with van der Waals surface area (Å²) < 4.78 is 5.20. The van der Waals surface area contributed by atoms with Crippen LogP contribution in [0.3, 0.4) is 0 Å². The minimum atomic E-state index is 0.497. The second kappa shape index (κ2) is 8.31. The van der Waals surface area contributed by atoms with E-state index in [1.165, 1.54) is 0 Å². The van der Waals surface area contributed by atoms with Gasteiger partial charge in [-0.3, -0.25) is 4.90 Å². The molecule has 1 atom stereocenters. The second-order valence-electron chi connectivity index (χ2n) is 6.28. The molecule has 1 aromatic heterocycles. The molecule has 2 rings (SSSR count). The SMILES string of the molecule is CCNC(=NCc1c(C)noc1C)NCC1CN(C)CCN1C. The summed E-state index contributed by atoms with van der Waals surface area (Å²) in [6.45, 7) is 11.6. The van der Waals surface area contributed by atoms with Crippen LogP contribution in [0.5, 0.6) is 0 Å². The van der Waals surface area contributed by atoms with Gasteiger partial charge in [-0.05, 0) is 34.9 Å². The van der Waals surface area contributed by atoms with Gasteiger partial charge in [0, 0.05) is 44.3 Å². The average Bonchev–Trinajstić information content (AvgIpc) is 2.84. The fraction of sp³-hybridized carbons (Fsp3) is 0.750. The Morgan fingerprint density at radius 1 is 1.30 bits per heavy atom. The number of nitrogens with zero attached hydrogens (tertiary/aromatic N) is 4. The van der Waals surface area contributed by atoms with Crippen molar-refractivity contribution in [2.45, 2.75) is 33.4 Å². The standard InChI is InChI=1S/C16H30N6O/c1-6-17-16(19-10-15-12(2)20-23-13(15)3)18-9-14-11-21(4)7-8-22(14)5/h14H,6-11H2,1-5H3,(H2,17,18,19). The lowest BCUT2D eigenvalue weighted by atomic mass is 10.2. The quantitative estimate of drug-likeness (QED) is 0.611. The molecule has 130 valence electrons. The third-order valence-electron chi connectivity index (χ3n) is 4.41. The van der Waals surface area contributed by atoms with Crippen LogP contribution in [0, 0.1) is 13.8 Å². The van der Waals surface area contributed by atoms with Gasteiger partial charge in [0.2, 0.25) is 0 Å². The van der Waals surface area contributed by atoms with E-state index in [4.69, 9.17) is 4.52 Å². The fourth-order valence-electron chi connectivity index (χ4n) is 2.76. The molecule has 1 fully saturated rings. The largest absolute Gasteiger partial charge is 0.361 e. The summed E-state index contributed by atoms with van der Waals surface area (Å²) >= 11 is 0. The normalized spacial score (nSPS) is 20.7. The molecule has 1 saturated heterocycles. The van der Waals surface area contributed by atoms with Gasteiger partial charge in [0.25, 0.3) is 0 Å². The zero-order chi connectivity index (χ0) is 16.8. The lowest BCUT2D eigenvalue weighted by molar-refractivity contribution is 0.116. The molecule has 7 heteroatoms. The Balaban J connectivity index is 1.94. The highest BCUT2D eigenvalue weighted by Crippen LogP contribution is 2.13. The molecule has 0 amide bonds. The minimum absolute atomic E-state index is 0.497. The summed E-state index contributed by atoms with van der Waals surface area (Å²) in [7, 11) is 4.37. The molecule has 1 unspecified atom stereocenters. The van der Waals surface area contributed by atoms with Gasteiger partial charge in [0.15, 0.2) is 5.96 Å². The summed E-state index contributed by atoms with van der Waals surface area (Å²) in [5, 5.41) is 10.7. The molecule has 23 heavy (non-hydrogen) atoms. The van der Waals surface area contributed by atoms with Crippen molar-refractivity contribution in [3.05, 3.63) is 17.0 Å². The van der Waals surface area contributed by atoms with Crippen molar-refractivity contribution in [2.75, 3.05) is 46.8 Å². The van der Waals surface area contributed by atoms with Gasteiger partial charge in [0.1, 0.15) is 5.76 Å².